The topological polar surface area (TPSA) is 82.0 Å². The molecule has 0 aromatic carbocycles. The van der Waals surface area contributed by atoms with E-state index in [2.05, 4.69) is 20.2 Å². The first-order valence-electron chi connectivity index (χ1n) is 4.71. The van der Waals surface area contributed by atoms with Crippen LogP contribution in [-0.4, -0.2) is 24.6 Å². The highest BCUT2D eigenvalue weighted by Crippen LogP contribution is 2.17. The number of anilines is 1. The van der Waals surface area contributed by atoms with Crippen LogP contribution in [-0.2, 0) is 0 Å². The van der Waals surface area contributed by atoms with Crippen molar-refractivity contribution < 1.29 is 0 Å². The van der Waals surface area contributed by atoms with Gasteiger partial charge in [-0.2, -0.15) is 0 Å². The second-order valence-electron chi connectivity index (χ2n) is 3.32. The Bertz CT molecular complexity index is 644. The van der Waals surface area contributed by atoms with Crippen molar-refractivity contribution in [3.63, 3.8) is 0 Å². The molecule has 6 heteroatoms. The van der Waals surface area contributed by atoms with Gasteiger partial charge in [-0.25, -0.2) is 4.98 Å². The van der Waals surface area contributed by atoms with Crippen LogP contribution in [0.3, 0.4) is 0 Å². The highest BCUT2D eigenvalue weighted by Gasteiger charge is 2.08. The molecule has 0 unspecified atom stereocenters. The van der Waals surface area contributed by atoms with E-state index in [4.69, 9.17) is 5.73 Å². The van der Waals surface area contributed by atoms with Gasteiger partial charge in [0.1, 0.15) is 0 Å². The Kier molecular flexibility index (Phi) is 1.79. The number of nitrogens with two attached hydrogens (primary N) is 1. The number of aromatic nitrogens is 5. The van der Waals surface area contributed by atoms with Gasteiger partial charge in [-0.3, -0.25) is 9.38 Å². The molecular weight excluding hydrogens is 204 g/mol. The summed E-state index contributed by atoms with van der Waals surface area (Å²) in [5.41, 5.74) is 7.09. The fourth-order valence-electron chi connectivity index (χ4n) is 1.52. The van der Waals surface area contributed by atoms with Crippen molar-refractivity contribution in [1.82, 2.24) is 24.6 Å². The van der Waals surface area contributed by atoms with Crippen molar-refractivity contribution in [2.75, 3.05) is 5.73 Å². The van der Waals surface area contributed by atoms with Gasteiger partial charge in [-0.05, 0) is 12.1 Å². The molecule has 0 bridgehead atoms. The summed E-state index contributed by atoms with van der Waals surface area (Å²) in [6.45, 7) is 0. The second-order valence-corrected chi connectivity index (χ2v) is 3.32. The molecule has 0 fully saturated rings. The summed E-state index contributed by atoms with van der Waals surface area (Å²) < 4.78 is 1.79. The van der Waals surface area contributed by atoms with Gasteiger partial charge in [0.15, 0.2) is 5.82 Å². The molecule has 3 aromatic heterocycles. The molecule has 3 aromatic rings. The van der Waals surface area contributed by atoms with Crippen LogP contribution in [0.2, 0.25) is 0 Å². The second kappa shape index (κ2) is 3.27. The Morgan fingerprint density at radius 2 is 2.12 bits per heavy atom. The molecule has 16 heavy (non-hydrogen) atoms. The van der Waals surface area contributed by atoms with Gasteiger partial charge < -0.3 is 5.73 Å². The summed E-state index contributed by atoms with van der Waals surface area (Å²) in [5.74, 6) is 1.24. The van der Waals surface area contributed by atoms with Crippen LogP contribution in [0.1, 0.15) is 0 Å². The van der Waals surface area contributed by atoms with Crippen LogP contribution in [0.5, 0.6) is 0 Å². The molecule has 0 spiro atoms. The molecule has 0 atom stereocenters. The number of nitrogen functional groups attached to an aromatic ring is 1. The summed E-state index contributed by atoms with van der Waals surface area (Å²) in [6, 6.07) is 3.62. The fourth-order valence-corrected chi connectivity index (χ4v) is 1.52. The SMILES string of the molecule is Nc1cncc(-c2nnc3ncccn23)c1. The van der Waals surface area contributed by atoms with Gasteiger partial charge in [-0.1, -0.05) is 0 Å². The average molecular weight is 212 g/mol. The van der Waals surface area contributed by atoms with Crippen molar-refractivity contribution in [2.45, 2.75) is 0 Å². The van der Waals surface area contributed by atoms with E-state index in [9.17, 15) is 0 Å². The molecule has 0 saturated carbocycles. The van der Waals surface area contributed by atoms with E-state index >= 15 is 0 Å². The smallest absolute Gasteiger partial charge is 0.255 e. The Balaban J connectivity index is 2.26. The molecule has 0 aliphatic heterocycles. The zero-order valence-electron chi connectivity index (χ0n) is 8.28. The summed E-state index contributed by atoms with van der Waals surface area (Å²) in [6.07, 6.45) is 6.80. The minimum Gasteiger partial charge on any atom is -0.397 e. The summed E-state index contributed by atoms with van der Waals surface area (Å²) in [7, 11) is 0. The van der Waals surface area contributed by atoms with E-state index in [0.717, 1.165) is 5.56 Å². The normalized spacial score (nSPS) is 10.8. The van der Waals surface area contributed by atoms with Gasteiger partial charge in [0.05, 0.1) is 5.69 Å². The summed E-state index contributed by atoms with van der Waals surface area (Å²) >= 11 is 0. The minimum absolute atomic E-state index is 0.555. The van der Waals surface area contributed by atoms with Crippen LogP contribution in [0, 0.1) is 0 Å². The molecule has 6 nitrogen and oxygen atoms in total. The lowest BCUT2D eigenvalue weighted by Gasteiger charge is -1.99. The third-order valence-corrected chi connectivity index (χ3v) is 2.21. The van der Waals surface area contributed by atoms with Crippen molar-refractivity contribution in [2.24, 2.45) is 0 Å². The molecule has 0 saturated heterocycles. The summed E-state index contributed by atoms with van der Waals surface area (Å²) in [5, 5.41) is 8.02. The van der Waals surface area contributed by atoms with Gasteiger partial charge in [-0.15, -0.1) is 10.2 Å². The minimum atomic E-state index is 0.555. The largest absolute Gasteiger partial charge is 0.397 e. The Morgan fingerprint density at radius 1 is 1.19 bits per heavy atom. The van der Waals surface area contributed by atoms with E-state index in [1.54, 1.807) is 29.1 Å². The van der Waals surface area contributed by atoms with Gasteiger partial charge >= 0.3 is 0 Å². The Morgan fingerprint density at radius 3 is 3.00 bits per heavy atom. The van der Waals surface area contributed by atoms with Crippen molar-refractivity contribution in [3.05, 3.63) is 36.9 Å². The number of hydrogen-bond donors (Lipinski definition) is 1. The van der Waals surface area contributed by atoms with Crippen LogP contribution < -0.4 is 5.73 Å². The predicted octanol–water partition coefficient (Wildman–Crippen LogP) is 0.769. The maximum absolute atomic E-state index is 5.67. The highest BCUT2D eigenvalue weighted by atomic mass is 15.3. The first-order valence-corrected chi connectivity index (χ1v) is 4.71. The van der Waals surface area contributed by atoms with E-state index in [0.29, 0.717) is 17.3 Å². The lowest BCUT2D eigenvalue weighted by molar-refractivity contribution is 1.10. The van der Waals surface area contributed by atoms with Crippen LogP contribution >= 0.6 is 0 Å². The standard InChI is InChI=1S/C10H8N6/c11-8-4-7(5-12-6-8)9-14-15-10-13-2-1-3-16(9)10/h1-6H,11H2. The molecule has 3 rings (SSSR count). The molecular formula is C10H8N6. The van der Waals surface area contributed by atoms with E-state index in [1.807, 2.05) is 12.3 Å². The number of nitrogens with zero attached hydrogens (tertiary/aromatic N) is 5. The predicted molar refractivity (Wildman–Crippen MR) is 58.4 cm³/mol. The number of hydrogen-bond acceptors (Lipinski definition) is 5. The van der Waals surface area contributed by atoms with Gasteiger partial charge in [0.2, 0.25) is 0 Å². The molecule has 3 heterocycles. The molecule has 0 aliphatic carbocycles. The van der Waals surface area contributed by atoms with E-state index < -0.39 is 0 Å². The zero-order chi connectivity index (χ0) is 11.0. The Hall–Kier alpha value is -2.50. The molecule has 78 valence electrons. The van der Waals surface area contributed by atoms with Crippen molar-refractivity contribution >= 4 is 11.5 Å². The molecule has 0 radical (unpaired) electrons. The van der Waals surface area contributed by atoms with Crippen LogP contribution in [0.4, 0.5) is 5.69 Å². The van der Waals surface area contributed by atoms with Crippen LogP contribution in [0.25, 0.3) is 17.2 Å². The number of pyridine rings is 1. The molecule has 0 amide bonds. The zero-order valence-corrected chi connectivity index (χ0v) is 8.28. The van der Waals surface area contributed by atoms with E-state index in [-0.39, 0.29) is 0 Å². The molecule has 0 aliphatic rings. The lowest BCUT2D eigenvalue weighted by atomic mass is 10.2. The lowest BCUT2D eigenvalue weighted by Crippen LogP contribution is -1.92. The fraction of sp³-hybridized carbons (Fsp3) is 0. The first-order chi connectivity index (χ1) is 7.84. The Labute approximate surface area is 90.8 Å². The molecule has 2 N–H and O–H groups in total. The van der Waals surface area contributed by atoms with Crippen molar-refractivity contribution in [1.29, 1.82) is 0 Å². The van der Waals surface area contributed by atoms with Crippen molar-refractivity contribution in [3.8, 4) is 11.4 Å². The maximum atomic E-state index is 5.67. The first kappa shape index (κ1) is 8.78. The van der Waals surface area contributed by atoms with E-state index in [1.165, 1.54) is 0 Å². The monoisotopic (exact) mass is 212 g/mol. The third kappa shape index (κ3) is 1.28. The van der Waals surface area contributed by atoms with Gasteiger partial charge in [0, 0.05) is 30.4 Å². The highest BCUT2D eigenvalue weighted by molar-refractivity contribution is 5.61. The quantitative estimate of drug-likeness (QED) is 0.644. The third-order valence-electron chi connectivity index (χ3n) is 2.21. The average Bonchev–Trinajstić information content (AvgIpc) is 2.72. The number of rotatable bonds is 1. The number of fused-ring (bicyclic) bond motifs is 1. The van der Waals surface area contributed by atoms with Gasteiger partial charge in [0.25, 0.3) is 5.78 Å². The summed E-state index contributed by atoms with van der Waals surface area (Å²) in [4.78, 5) is 8.11. The van der Waals surface area contributed by atoms with Crippen LogP contribution in [0.15, 0.2) is 36.9 Å². The maximum Gasteiger partial charge on any atom is 0.255 e.